The molecular weight excluding hydrogens is 324 g/mol. The molecule has 0 aliphatic heterocycles. The summed E-state index contributed by atoms with van der Waals surface area (Å²) in [7, 11) is 0. The first-order valence-corrected chi connectivity index (χ1v) is 8.77. The van der Waals surface area contributed by atoms with Gasteiger partial charge < -0.3 is 10.4 Å². The van der Waals surface area contributed by atoms with Gasteiger partial charge in [0.1, 0.15) is 5.00 Å². The van der Waals surface area contributed by atoms with Gasteiger partial charge in [0.05, 0.1) is 12.1 Å². The molecule has 6 heteroatoms. The van der Waals surface area contributed by atoms with Crippen molar-refractivity contribution in [2.45, 2.75) is 26.8 Å². The molecule has 5 nitrogen and oxygen atoms in total. The Balaban J connectivity index is 2.01. The van der Waals surface area contributed by atoms with E-state index < -0.39 is 5.97 Å². The second-order valence-electron chi connectivity index (χ2n) is 5.45. The maximum atomic E-state index is 12.3. The number of aromatic carboxylic acids is 1. The molecule has 2 rings (SSSR count). The van der Waals surface area contributed by atoms with Crippen molar-refractivity contribution in [1.29, 1.82) is 0 Å². The van der Waals surface area contributed by atoms with Crippen LogP contribution in [0.3, 0.4) is 0 Å². The van der Waals surface area contributed by atoms with Gasteiger partial charge >= 0.3 is 5.97 Å². The molecule has 128 valence electrons. The highest BCUT2D eigenvalue weighted by molar-refractivity contribution is 7.16. The Labute approximate surface area is 145 Å². The number of aryl methyl sites for hydroxylation is 1. The molecule has 0 saturated carbocycles. The normalized spacial score (nSPS) is 10.8. The van der Waals surface area contributed by atoms with E-state index in [1.165, 1.54) is 11.3 Å². The fourth-order valence-corrected chi connectivity index (χ4v) is 3.36. The molecule has 0 spiro atoms. The van der Waals surface area contributed by atoms with Crippen LogP contribution in [0, 0.1) is 0 Å². The molecule has 1 aromatic heterocycles. The van der Waals surface area contributed by atoms with Crippen molar-refractivity contribution < 1.29 is 14.7 Å². The number of nitrogens with one attached hydrogen (secondary N) is 1. The third-order valence-electron chi connectivity index (χ3n) is 3.68. The number of amides is 1. The van der Waals surface area contributed by atoms with Crippen molar-refractivity contribution in [1.82, 2.24) is 4.90 Å². The highest BCUT2D eigenvalue weighted by atomic mass is 32.1. The number of hydrogen-bond donors (Lipinski definition) is 2. The summed E-state index contributed by atoms with van der Waals surface area (Å²) in [6.45, 7) is 5.60. The van der Waals surface area contributed by atoms with Crippen molar-refractivity contribution in [3.05, 3.63) is 52.4 Å². The van der Waals surface area contributed by atoms with Crippen LogP contribution in [0.15, 0.2) is 36.4 Å². The second-order valence-corrected chi connectivity index (χ2v) is 6.59. The Morgan fingerprint density at radius 2 is 1.92 bits per heavy atom. The fraction of sp³-hybridized carbons (Fsp3) is 0.333. The van der Waals surface area contributed by atoms with E-state index in [1.807, 2.05) is 49.1 Å². The van der Waals surface area contributed by atoms with Gasteiger partial charge in [0.2, 0.25) is 5.91 Å². The monoisotopic (exact) mass is 346 g/mol. The molecular formula is C18H22N2O3S. The van der Waals surface area contributed by atoms with Crippen molar-refractivity contribution in [2.24, 2.45) is 0 Å². The van der Waals surface area contributed by atoms with E-state index >= 15 is 0 Å². The lowest BCUT2D eigenvalue weighted by molar-refractivity contribution is -0.117. The fourth-order valence-electron chi connectivity index (χ4n) is 2.36. The minimum atomic E-state index is -1.02. The summed E-state index contributed by atoms with van der Waals surface area (Å²) >= 11 is 1.32. The van der Waals surface area contributed by atoms with Gasteiger partial charge in [-0.1, -0.05) is 44.2 Å². The Kier molecular flexibility index (Phi) is 6.52. The third-order valence-corrected chi connectivity index (χ3v) is 4.87. The molecule has 0 unspecified atom stereocenters. The third kappa shape index (κ3) is 4.91. The average Bonchev–Trinajstić information content (AvgIpc) is 2.98. The van der Waals surface area contributed by atoms with Crippen molar-refractivity contribution in [3.63, 3.8) is 0 Å². The van der Waals surface area contributed by atoms with E-state index in [1.54, 1.807) is 6.07 Å². The van der Waals surface area contributed by atoms with Crippen LogP contribution in [0.1, 0.15) is 34.6 Å². The highest BCUT2D eigenvalue weighted by Crippen LogP contribution is 2.28. The Hall–Kier alpha value is -2.18. The van der Waals surface area contributed by atoms with E-state index in [0.29, 0.717) is 11.5 Å². The minimum absolute atomic E-state index is 0.163. The van der Waals surface area contributed by atoms with Gasteiger partial charge in [-0.05, 0) is 24.6 Å². The summed E-state index contributed by atoms with van der Waals surface area (Å²) in [4.78, 5) is 26.6. The zero-order valence-corrected chi connectivity index (χ0v) is 14.7. The maximum Gasteiger partial charge on any atom is 0.338 e. The summed E-state index contributed by atoms with van der Waals surface area (Å²) in [5.41, 5.74) is 1.30. The van der Waals surface area contributed by atoms with E-state index in [9.17, 15) is 14.7 Å². The number of carbonyl (C=O) groups excluding carboxylic acids is 1. The van der Waals surface area contributed by atoms with Crippen molar-refractivity contribution in [3.8, 4) is 0 Å². The number of nitrogens with zero attached hydrogens (tertiary/aromatic N) is 1. The van der Waals surface area contributed by atoms with Crippen LogP contribution >= 0.6 is 11.3 Å². The molecule has 0 atom stereocenters. The summed E-state index contributed by atoms with van der Waals surface area (Å²) < 4.78 is 0. The average molecular weight is 346 g/mol. The number of benzene rings is 1. The largest absolute Gasteiger partial charge is 0.478 e. The molecule has 2 N–H and O–H groups in total. The van der Waals surface area contributed by atoms with Crippen LogP contribution < -0.4 is 5.32 Å². The first-order chi connectivity index (χ1) is 11.5. The molecule has 0 bridgehead atoms. The maximum absolute atomic E-state index is 12.3. The predicted molar refractivity (Wildman–Crippen MR) is 96.7 cm³/mol. The first-order valence-electron chi connectivity index (χ1n) is 7.95. The number of carboxylic acids is 1. The number of thiophene rings is 1. The summed E-state index contributed by atoms with van der Waals surface area (Å²) in [6, 6.07) is 11.6. The number of likely N-dealkylation sites (N-methyl/N-ethyl adjacent to an activating group) is 1. The number of carboxylic acid groups (broad SMARTS) is 1. The highest BCUT2D eigenvalue weighted by Gasteiger charge is 2.18. The summed E-state index contributed by atoms with van der Waals surface area (Å²) in [5.74, 6) is -1.21. The predicted octanol–water partition coefficient (Wildman–Crippen LogP) is 3.47. The molecule has 2 aromatic rings. The van der Waals surface area contributed by atoms with Crippen LogP contribution in [-0.2, 0) is 17.8 Å². The van der Waals surface area contributed by atoms with Crippen molar-refractivity contribution >= 4 is 28.2 Å². The van der Waals surface area contributed by atoms with Gasteiger partial charge in [0, 0.05) is 11.4 Å². The molecule has 0 aliphatic rings. The second kappa shape index (κ2) is 8.61. The number of anilines is 1. The lowest BCUT2D eigenvalue weighted by atomic mass is 10.2. The van der Waals surface area contributed by atoms with E-state index in [-0.39, 0.29) is 18.0 Å². The minimum Gasteiger partial charge on any atom is -0.478 e. The Morgan fingerprint density at radius 1 is 1.21 bits per heavy atom. The van der Waals surface area contributed by atoms with E-state index in [0.717, 1.165) is 23.4 Å². The van der Waals surface area contributed by atoms with Gasteiger partial charge in [-0.25, -0.2) is 4.79 Å². The quantitative estimate of drug-likeness (QED) is 0.768. The van der Waals surface area contributed by atoms with Gasteiger partial charge in [-0.2, -0.15) is 0 Å². The smallest absolute Gasteiger partial charge is 0.338 e. The SMILES string of the molecule is CCc1cc(C(=O)O)c(NC(=O)CN(CC)Cc2ccccc2)s1. The van der Waals surface area contributed by atoms with Gasteiger partial charge in [-0.15, -0.1) is 11.3 Å². The zero-order valence-electron chi connectivity index (χ0n) is 13.9. The molecule has 0 fully saturated rings. The lowest BCUT2D eigenvalue weighted by Crippen LogP contribution is -2.32. The van der Waals surface area contributed by atoms with Gasteiger partial charge in [-0.3, -0.25) is 9.69 Å². The summed E-state index contributed by atoms with van der Waals surface area (Å²) in [6.07, 6.45) is 0.746. The lowest BCUT2D eigenvalue weighted by Gasteiger charge is -2.19. The Morgan fingerprint density at radius 3 is 2.50 bits per heavy atom. The molecule has 1 amide bonds. The van der Waals surface area contributed by atoms with Crippen LogP contribution in [0.4, 0.5) is 5.00 Å². The van der Waals surface area contributed by atoms with E-state index in [2.05, 4.69) is 5.32 Å². The van der Waals surface area contributed by atoms with Crippen LogP contribution in [0.2, 0.25) is 0 Å². The number of hydrogen-bond acceptors (Lipinski definition) is 4. The van der Waals surface area contributed by atoms with Crippen LogP contribution in [0.5, 0.6) is 0 Å². The van der Waals surface area contributed by atoms with Crippen molar-refractivity contribution in [2.75, 3.05) is 18.4 Å². The molecule has 24 heavy (non-hydrogen) atoms. The standard InChI is InChI=1S/C18H22N2O3S/c1-3-14-10-15(18(22)23)17(24-14)19-16(21)12-20(4-2)11-13-8-6-5-7-9-13/h5-10H,3-4,11-12H2,1-2H3,(H,19,21)(H,22,23). The molecule has 0 aliphatic carbocycles. The van der Waals surface area contributed by atoms with Crippen LogP contribution in [0.25, 0.3) is 0 Å². The van der Waals surface area contributed by atoms with Gasteiger partial charge in [0.25, 0.3) is 0 Å². The topological polar surface area (TPSA) is 69.6 Å². The number of rotatable bonds is 8. The van der Waals surface area contributed by atoms with Crippen LogP contribution in [-0.4, -0.2) is 35.0 Å². The van der Waals surface area contributed by atoms with Gasteiger partial charge in [0.15, 0.2) is 0 Å². The number of carbonyl (C=O) groups is 2. The summed E-state index contributed by atoms with van der Waals surface area (Å²) in [5, 5.41) is 12.4. The first kappa shape index (κ1) is 18.2. The van der Waals surface area contributed by atoms with E-state index in [4.69, 9.17) is 0 Å². The molecule has 0 saturated heterocycles. The zero-order chi connectivity index (χ0) is 17.5. The molecule has 1 heterocycles. The molecule has 0 radical (unpaired) electrons. The molecule has 1 aromatic carbocycles. The Bertz CT molecular complexity index is 698.